The van der Waals surface area contributed by atoms with Crippen molar-refractivity contribution in [3.8, 4) is 0 Å². The molecule has 21 heavy (non-hydrogen) atoms. The Bertz CT molecular complexity index is 466. The first-order valence-corrected chi connectivity index (χ1v) is 8.74. The molecule has 1 rings (SSSR count). The lowest BCUT2D eigenvalue weighted by molar-refractivity contribution is -0.138. The molecule has 1 heterocycles. The monoisotopic (exact) mass is 321 g/mol. The molecular formula is C12H23N3O5S. The maximum atomic E-state index is 12.0. The number of carboxylic acid groups (broad SMARTS) is 1. The van der Waals surface area contributed by atoms with Crippen LogP contribution >= 0.6 is 0 Å². The summed E-state index contributed by atoms with van der Waals surface area (Å²) in [5, 5.41) is 11.4. The molecule has 1 fully saturated rings. The van der Waals surface area contributed by atoms with Crippen molar-refractivity contribution in [2.75, 3.05) is 25.4 Å². The summed E-state index contributed by atoms with van der Waals surface area (Å²) < 4.78 is 25.2. The number of carboxylic acids is 1. The highest BCUT2D eigenvalue weighted by Gasteiger charge is 2.28. The van der Waals surface area contributed by atoms with E-state index in [-0.39, 0.29) is 24.8 Å². The largest absolute Gasteiger partial charge is 0.481 e. The first-order chi connectivity index (χ1) is 9.85. The molecule has 0 aromatic carbocycles. The van der Waals surface area contributed by atoms with E-state index in [9.17, 15) is 18.0 Å². The van der Waals surface area contributed by atoms with Crippen LogP contribution in [0.1, 0.15) is 32.6 Å². The predicted molar refractivity (Wildman–Crippen MR) is 77.5 cm³/mol. The maximum absolute atomic E-state index is 12.0. The highest BCUT2D eigenvalue weighted by molar-refractivity contribution is 7.89. The number of piperidine rings is 1. The molecule has 1 unspecified atom stereocenters. The van der Waals surface area contributed by atoms with Gasteiger partial charge in [-0.3, -0.25) is 4.79 Å². The molecule has 1 aliphatic rings. The number of amides is 2. The van der Waals surface area contributed by atoms with Crippen LogP contribution in [0.4, 0.5) is 4.79 Å². The Balaban J connectivity index is 2.47. The zero-order valence-corrected chi connectivity index (χ0v) is 13.0. The van der Waals surface area contributed by atoms with Gasteiger partial charge in [0.25, 0.3) is 0 Å². The number of nitrogens with zero attached hydrogens (tertiary/aromatic N) is 1. The highest BCUT2D eigenvalue weighted by atomic mass is 32.2. The third-order valence-corrected chi connectivity index (χ3v) is 4.78. The van der Waals surface area contributed by atoms with E-state index >= 15 is 0 Å². The van der Waals surface area contributed by atoms with E-state index in [2.05, 4.69) is 10.0 Å². The number of carbonyl (C=O) groups excluding carboxylic acids is 1. The molecule has 8 nitrogen and oxygen atoms in total. The van der Waals surface area contributed by atoms with Crippen molar-refractivity contribution in [1.82, 2.24) is 14.9 Å². The molecule has 2 amide bonds. The Labute approximate surface area is 124 Å². The fraction of sp³-hybridized carbons (Fsp3) is 0.833. The average molecular weight is 321 g/mol. The van der Waals surface area contributed by atoms with Gasteiger partial charge >= 0.3 is 12.0 Å². The van der Waals surface area contributed by atoms with Gasteiger partial charge in [-0.25, -0.2) is 17.9 Å². The molecule has 122 valence electrons. The number of aliphatic carboxylic acids is 1. The zero-order valence-electron chi connectivity index (χ0n) is 12.2. The first-order valence-electron chi connectivity index (χ1n) is 7.09. The Morgan fingerprint density at radius 2 is 2.05 bits per heavy atom. The normalized spacial score (nSPS) is 19.3. The van der Waals surface area contributed by atoms with Crippen molar-refractivity contribution in [3.63, 3.8) is 0 Å². The van der Waals surface area contributed by atoms with E-state index in [4.69, 9.17) is 5.11 Å². The van der Waals surface area contributed by atoms with Gasteiger partial charge in [-0.15, -0.1) is 0 Å². The summed E-state index contributed by atoms with van der Waals surface area (Å²) >= 11 is 0. The number of carbonyl (C=O) groups is 2. The predicted octanol–water partition coefficient (Wildman–Crippen LogP) is -0.0355. The fourth-order valence-electron chi connectivity index (χ4n) is 2.37. The first kappa shape index (κ1) is 17.7. The lowest BCUT2D eigenvalue weighted by Crippen LogP contribution is -2.50. The van der Waals surface area contributed by atoms with Crippen molar-refractivity contribution in [1.29, 1.82) is 0 Å². The average Bonchev–Trinajstić information content (AvgIpc) is 2.38. The van der Waals surface area contributed by atoms with Gasteiger partial charge in [0.1, 0.15) is 0 Å². The van der Waals surface area contributed by atoms with Gasteiger partial charge in [0.15, 0.2) is 0 Å². The minimum absolute atomic E-state index is 0.00442. The van der Waals surface area contributed by atoms with E-state index in [1.165, 1.54) is 4.90 Å². The summed E-state index contributed by atoms with van der Waals surface area (Å²) in [5.41, 5.74) is 0. The van der Waals surface area contributed by atoms with E-state index in [0.29, 0.717) is 19.5 Å². The summed E-state index contributed by atoms with van der Waals surface area (Å²) in [7, 11) is -3.37. The smallest absolute Gasteiger partial charge is 0.317 e. The molecule has 0 radical (unpaired) electrons. The van der Waals surface area contributed by atoms with Crippen molar-refractivity contribution < 1.29 is 23.1 Å². The van der Waals surface area contributed by atoms with Gasteiger partial charge in [-0.2, -0.15) is 0 Å². The molecule has 3 N–H and O–H groups in total. The van der Waals surface area contributed by atoms with Crippen LogP contribution < -0.4 is 10.0 Å². The minimum Gasteiger partial charge on any atom is -0.481 e. The SMILES string of the molecule is CCNS(=O)(=O)CCNC(=O)N1CCCCC1CC(=O)O. The summed E-state index contributed by atoms with van der Waals surface area (Å²) in [6.07, 6.45) is 2.31. The maximum Gasteiger partial charge on any atom is 0.317 e. The number of hydrogen-bond acceptors (Lipinski definition) is 4. The molecule has 0 aromatic rings. The third-order valence-electron chi connectivity index (χ3n) is 3.31. The van der Waals surface area contributed by atoms with Crippen molar-refractivity contribution in [3.05, 3.63) is 0 Å². The van der Waals surface area contributed by atoms with Crippen LogP contribution in [0.15, 0.2) is 0 Å². The number of likely N-dealkylation sites (tertiary alicyclic amines) is 1. The van der Waals surface area contributed by atoms with Crippen molar-refractivity contribution in [2.45, 2.75) is 38.6 Å². The molecule has 1 atom stereocenters. The molecule has 1 aliphatic heterocycles. The Morgan fingerprint density at radius 1 is 1.33 bits per heavy atom. The minimum atomic E-state index is -3.37. The highest BCUT2D eigenvalue weighted by Crippen LogP contribution is 2.19. The summed E-state index contributed by atoms with van der Waals surface area (Å²) in [4.78, 5) is 24.3. The van der Waals surface area contributed by atoms with Crippen LogP contribution in [0, 0.1) is 0 Å². The van der Waals surface area contributed by atoms with Crippen LogP contribution in [0.2, 0.25) is 0 Å². The van der Waals surface area contributed by atoms with E-state index in [1.807, 2.05) is 0 Å². The topological polar surface area (TPSA) is 116 Å². The van der Waals surface area contributed by atoms with Crippen LogP contribution in [-0.4, -0.2) is 61.9 Å². The Hall–Kier alpha value is -1.35. The van der Waals surface area contributed by atoms with Crippen molar-refractivity contribution >= 4 is 22.0 Å². The number of rotatable bonds is 7. The second-order valence-corrected chi connectivity index (χ2v) is 6.92. The quantitative estimate of drug-likeness (QED) is 0.609. The Kier molecular flexibility index (Phi) is 6.90. The number of nitrogens with one attached hydrogen (secondary N) is 2. The van der Waals surface area contributed by atoms with Gasteiger partial charge < -0.3 is 15.3 Å². The molecule has 0 aromatic heterocycles. The molecule has 9 heteroatoms. The fourth-order valence-corrected chi connectivity index (χ4v) is 3.32. The lowest BCUT2D eigenvalue weighted by Gasteiger charge is -2.34. The third kappa shape index (κ3) is 6.30. The number of urea groups is 1. The number of hydrogen-bond donors (Lipinski definition) is 3. The zero-order chi connectivity index (χ0) is 15.9. The van der Waals surface area contributed by atoms with Gasteiger partial charge in [0, 0.05) is 25.7 Å². The Morgan fingerprint density at radius 3 is 2.67 bits per heavy atom. The van der Waals surface area contributed by atoms with Gasteiger partial charge in [-0.05, 0) is 19.3 Å². The van der Waals surface area contributed by atoms with Gasteiger partial charge in [0.2, 0.25) is 10.0 Å². The second-order valence-electron chi connectivity index (χ2n) is 4.99. The van der Waals surface area contributed by atoms with Gasteiger partial charge in [-0.1, -0.05) is 6.92 Å². The van der Waals surface area contributed by atoms with Crippen LogP contribution in [0.3, 0.4) is 0 Å². The molecule has 0 saturated carbocycles. The van der Waals surface area contributed by atoms with Crippen LogP contribution in [0.25, 0.3) is 0 Å². The molecular weight excluding hydrogens is 298 g/mol. The van der Waals surface area contributed by atoms with Crippen molar-refractivity contribution in [2.24, 2.45) is 0 Å². The van der Waals surface area contributed by atoms with Crippen LogP contribution in [-0.2, 0) is 14.8 Å². The standard InChI is InChI=1S/C12H23N3O5S/c1-2-14-21(19,20)8-6-13-12(18)15-7-4-3-5-10(15)9-11(16)17/h10,14H,2-9H2,1H3,(H,13,18)(H,16,17). The molecule has 0 bridgehead atoms. The molecule has 1 saturated heterocycles. The van der Waals surface area contributed by atoms with Gasteiger partial charge in [0.05, 0.1) is 12.2 Å². The summed E-state index contributed by atoms with van der Waals surface area (Å²) in [5.74, 6) is -1.13. The van der Waals surface area contributed by atoms with E-state index in [1.54, 1.807) is 6.92 Å². The number of sulfonamides is 1. The van der Waals surface area contributed by atoms with E-state index < -0.39 is 22.0 Å². The second kappa shape index (κ2) is 8.18. The van der Waals surface area contributed by atoms with Crippen LogP contribution in [0.5, 0.6) is 0 Å². The van der Waals surface area contributed by atoms with E-state index in [0.717, 1.165) is 12.8 Å². The lowest BCUT2D eigenvalue weighted by atomic mass is 10.00. The molecule has 0 aliphatic carbocycles. The summed E-state index contributed by atoms with van der Waals surface area (Å²) in [6.45, 7) is 2.50. The summed E-state index contributed by atoms with van der Waals surface area (Å²) in [6, 6.07) is -0.714. The molecule has 0 spiro atoms.